The zero-order valence-corrected chi connectivity index (χ0v) is 31.0. The Morgan fingerprint density at radius 1 is 0.228 bits per heavy atom. The maximum Gasteiger partial charge on any atom is 0.136 e. The Balaban J connectivity index is 1.02. The van der Waals surface area contributed by atoms with E-state index in [9.17, 15) is 0 Å². The first kappa shape index (κ1) is 31.8. The lowest BCUT2D eigenvalue weighted by Gasteiger charge is -2.18. The number of hydrogen-bond donors (Lipinski definition) is 0. The number of rotatable bonds is 4. The molecule has 0 amide bonds. The summed E-state index contributed by atoms with van der Waals surface area (Å²) in [6.45, 7) is 0. The highest BCUT2D eigenvalue weighted by molar-refractivity contribution is 6.22. The number of benzene rings is 11. The molecule has 0 N–H and O–H groups in total. The van der Waals surface area contributed by atoms with Gasteiger partial charge in [-0.15, -0.1) is 0 Å². The summed E-state index contributed by atoms with van der Waals surface area (Å²) < 4.78 is 6.41. The van der Waals surface area contributed by atoms with Gasteiger partial charge >= 0.3 is 0 Å². The summed E-state index contributed by atoms with van der Waals surface area (Å²) in [5, 5.41) is 14.7. The molecule has 0 fully saturated rings. The van der Waals surface area contributed by atoms with Gasteiger partial charge in [-0.2, -0.15) is 0 Å². The van der Waals surface area contributed by atoms with Crippen molar-refractivity contribution in [3.63, 3.8) is 0 Å². The fourth-order valence-corrected chi connectivity index (χ4v) is 9.43. The lowest BCUT2D eigenvalue weighted by Crippen LogP contribution is -1.91. The molecule has 264 valence electrons. The van der Waals surface area contributed by atoms with E-state index in [1.54, 1.807) is 0 Å². The number of furan rings is 1. The molecule has 0 aliphatic heterocycles. The first-order valence-corrected chi connectivity index (χ1v) is 19.7. The van der Waals surface area contributed by atoms with Gasteiger partial charge in [0.15, 0.2) is 0 Å². The lowest BCUT2D eigenvalue weighted by atomic mass is 9.85. The highest BCUT2D eigenvalue weighted by atomic mass is 16.3. The Kier molecular flexibility index (Phi) is 7.00. The Bertz CT molecular complexity index is 3510. The molecule has 57 heavy (non-hydrogen) atoms. The van der Waals surface area contributed by atoms with Gasteiger partial charge in [0.05, 0.1) is 0 Å². The van der Waals surface area contributed by atoms with Crippen molar-refractivity contribution in [3.8, 4) is 44.5 Å². The van der Waals surface area contributed by atoms with Gasteiger partial charge < -0.3 is 4.42 Å². The average molecular weight is 723 g/mol. The molecule has 0 unspecified atom stereocenters. The third kappa shape index (κ3) is 4.96. The molecule has 1 heteroatoms. The Morgan fingerprint density at radius 3 is 1.39 bits per heavy atom. The van der Waals surface area contributed by atoms with E-state index in [-0.39, 0.29) is 0 Å². The number of fused-ring (bicyclic) bond motifs is 9. The van der Waals surface area contributed by atoms with Crippen molar-refractivity contribution in [3.05, 3.63) is 206 Å². The normalized spacial score (nSPS) is 11.9. The van der Waals surface area contributed by atoms with E-state index >= 15 is 0 Å². The van der Waals surface area contributed by atoms with Crippen LogP contribution in [0.25, 0.3) is 120 Å². The molecule has 0 bridgehead atoms. The fraction of sp³-hybridized carbons (Fsp3) is 0. The summed E-state index contributed by atoms with van der Waals surface area (Å²) in [4.78, 5) is 0. The van der Waals surface area contributed by atoms with Gasteiger partial charge in [-0.1, -0.05) is 176 Å². The van der Waals surface area contributed by atoms with Crippen LogP contribution in [-0.2, 0) is 0 Å². The van der Waals surface area contributed by atoms with Crippen LogP contribution in [0.2, 0.25) is 0 Å². The van der Waals surface area contributed by atoms with Crippen LogP contribution in [-0.4, -0.2) is 0 Å². The second kappa shape index (κ2) is 12.5. The molecule has 1 heterocycles. The van der Waals surface area contributed by atoms with Gasteiger partial charge in [-0.3, -0.25) is 0 Å². The molecule has 12 aromatic rings. The van der Waals surface area contributed by atoms with Crippen LogP contribution in [0, 0.1) is 0 Å². The van der Waals surface area contributed by atoms with Crippen molar-refractivity contribution < 1.29 is 4.42 Å². The Morgan fingerprint density at radius 2 is 0.702 bits per heavy atom. The highest BCUT2D eigenvalue weighted by Crippen LogP contribution is 2.46. The van der Waals surface area contributed by atoms with E-state index in [4.69, 9.17) is 4.42 Å². The Labute approximate surface area is 329 Å². The third-order valence-electron chi connectivity index (χ3n) is 12.0. The summed E-state index contributed by atoms with van der Waals surface area (Å²) in [5.74, 6) is 0. The molecule has 1 nitrogen and oxygen atoms in total. The van der Waals surface area contributed by atoms with E-state index < -0.39 is 0 Å². The second-order valence-corrected chi connectivity index (χ2v) is 15.2. The molecule has 1 aromatic heterocycles. The molecular formula is C56H34O. The highest BCUT2D eigenvalue weighted by Gasteiger charge is 2.19. The molecule has 11 aromatic carbocycles. The first-order valence-electron chi connectivity index (χ1n) is 19.7. The predicted octanol–water partition coefficient (Wildman–Crippen LogP) is 16.0. The standard InChI is InChI=1S/C56H34O/c1-2-14-38-34-54-52(31-37(38)13-1)51-33-40(29-30-53(51)57-54)56-48-23-11-9-21-46(48)55(47-22-10-12-24-49(47)56)36-27-25-35(26-28-36)41-16-5-6-19-44(41)50-32-39-15-3-4-17-42(39)43-18-7-8-20-45(43)50/h1-34H. The van der Waals surface area contributed by atoms with E-state index in [2.05, 4.69) is 206 Å². The zero-order chi connectivity index (χ0) is 37.5. The molecule has 0 spiro atoms. The third-order valence-corrected chi connectivity index (χ3v) is 12.0. The van der Waals surface area contributed by atoms with Crippen LogP contribution in [0.15, 0.2) is 211 Å². The van der Waals surface area contributed by atoms with Crippen LogP contribution in [0.5, 0.6) is 0 Å². The molecule has 0 aliphatic rings. The molecule has 0 saturated carbocycles. The van der Waals surface area contributed by atoms with Gasteiger partial charge in [0, 0.05) is 10.8 Å². The van der Waals surface area contributed by atoms with E-state index in [0.717, 1.165) is 21.9 Å². The minimum absolute atomic E-state index is 0.907. The lowest BCUT2D eigenvalue weighted by molar-refractivity contribution is 0.669. The van der Waals surface area contributed by atoms with Gasteiger partial charge in [-0.25, -0.2) is 0 Å². The smallest absolute Gasteiger partial charge is 0.136 e. The van der Waals surface area contributed by atoms with Crippen LogP contribution >= 0.6 is 0 Å². The number of hydrogen-bond acceptors (Lipinski definition) is 1. The largest absolute Gasteiger partial charge is 0.456 e. The minimum atomic E-state index is 0.907. The zero-order valence-electron chi connectivity index (χ0n) is 31.0. The summed E-state index contributed by atoms with van der Waals surface area (Å²) in [6.07, 6.45) is 0. The van der Waals surface area contributed by atoms with E-state index in [0.29, 0.717) is 0 Å². The van der Waals surface area contributed by atoms with Crippen LogP contribution in [0.1, 0.15) is 0 Å². The molecule has 0 saturated heterocycles. The second-order valence-electron chi connectivity index (χ2n) is 15.2. The predicted molar refractivity (Wildman–Crippen MR) is 243 cm³/mol. The summed E-state index contributed by atoms with van der Waals surface area (Å²) in [5.41, 5.74) is 11.6. The van der Waals surface area contributed by atoms with Crippen LogP contribution in [0.4, 0.5) is 0 Å². The van der Waals surface area contributed by atoms with E-state index in [1.165, 1.54) is 98.4 Å². The molecule has 0 aliphatic carbocycles. The average Bonchev–Trinajstić information content (AvgIpc) is 3.63. The molecular weight excluding hydrogens is 689 g/mol. The molecule has 0 atom stereocenters. The summed E-state index contributed by atoms with van der Waals surface area (Å²) >= 11 is 0. The monoisotopic (exact) mass is 722 g/mol. The fourth-order valence-electron chi connectivity index (χ4n) is 9.43. The first-order chi connectivity index (χ1) is 28.3. The van der Waals surface area contributed by atoms with Gasteiger partial charge in [-0.05, 0) is 129 Å². The van der Waals surface area contributed by atoms with Crippen molar-refractivity contribution in [2.24, 2.45) is 0 Å². The van der Waals surface area contributed by atoms with Crippen molar-refractivity contribution >= 4 is 75.8 Å². The summed E-state index contributed by atoms with van der Waals surface area (Å²) in [7, 11) is 0. The maximum absolute atomic E-state index is 6.41. The quantitative estimate of drug-likeness (QED) is 0.130. The minimum Gasteiger partial charge on any atom is -0.456 e. The molecule has 12 rings (SSSR count). The van der Waals surface area contributed by atoms with Crippen LogP contribution < -0.4 is 0 Å². The maximum atomic E-state index is 6.41. The topological polar surface area (TPSA) is 13.1 Å². The van der Waals surface area contributed by atoms with E-state index in [1.807, 2.05) is 0 Å². The SMILES string of the molecule is c1ccc(-c2cc3ccccc3c3ccccc23)c(-c2ccc(-c3c4ccccc4c(-c4ccc5oc6cc7ccccc7cc6c5c4)c4ccccc34)cc2)c1. The van der Waals surface area contributed by atoms with Crippen molar-refractivity contribution in [1.29, 1.82) is 0 Å². The molecule has 0 radical (unpaired) electrons. The van der Waals surface area contributed by atoms with Crippen LogP contribution in [0.3, 0.4) is 0 Å². The van der Waals surface area contributed by atoms with Gasteiger partial charge in [0.2, 0.25) is 0 Å². The van der Waals surface area contributed by atoms with Gasteiger partial charge in [0.1, 0.15) is 11.2 Å². The van der Waals surface area contributed by atoms with Gasteiger partial charge in [0.25, 0.3) is 0 Å². The van der Waals surface area contributed by atoms with Crippen molar-refractivity contribution in [1.82, 2.24) is 0 Å². The van der Waals surface area contributed by atoms with Crippen molar-refractivity contribution in [2.75, 3.05) is 0 Å². The summed E-state index contributed by atoms with van der Waals surface area (Å²) in [6, 6.07) is 75.4. The van der Waals surface area contributed by atoms with Crippen molar-refractivity contribution in [2.45, 2.75) is 0 Å². The Hall–Kier alpha value is -7.48.